The lowest BCUT2D eigenvalue weighted by atomic mass is 9.99. The molecule has 6 heteroatoms. The lowest BCUT2D eigenvalue weighted by Crippen LogP contribution is -2.56. The molecule has 0 bridgehead atoms. The SMILES string of the molecule is O=C(c1cc(-c2cccc(F)c2)no1)N1CCN2CCCCC2C1. The molecule has 0 aliphatic carbocycles. The largest absolute Gasteiger partial charge is 0.350 e. The number of rotatable bonds is 2. The summed E-state index contributed by atoms with van der Waals surface area (Å²) in [5, 5.41) is 3.93. The van der Waals surface area contributed by atoms with Crippen LogP contribution in [0.4, 0.5) is 4.39 Å². The van der Waals surface area contributed by atoms with Crippen LogP contribution < -0.4 is 0 Å². The van der Waals surface area contributed by atoms with Gasteiger partial charge in [0.25, 0.3) is 5.91 Å². The number of hydrogen-bond donors (Lipinski definition) is 0. The molecule has 4 rings (SSSR count). The molecule has 5 nitrogen and oxygen atoms in total. The summed E-state index contributed by atoms with van der Waals surface area (Å²) in [4.78, 5) is 17.0. The third-order valence-electron chi connectivity index (χ3n) is 4.97. The summed E-state index contributed by atoms with van der Waals surface area (Å²) in [5.74, 6) is -0.245. The minimum Gasteiger partial charge on any atom is -0.350 e. The van der Waals surface area contributed by atoms with E-state index in [0.717, 1.165) is 26.1 Å². The Bertz CT molecular complexity index is 745. The van der Waals surface area contributed by atoms with Crippen LogP contribution in [-0.4, -0.2) is 53.1 Å². The third-order valence-corrected chi connectivity index (χ3v) is 4.97. The van der Waals surface area contributed by atoms with Crippen LogP contribution in [-0.2, 0) is 0 Å². The maximum Gasteiger partial charge on any atom is 0.292 e. The van der Waals surface area contributed by atoms with E-state index in [4.69, 9.17) is 4.52 Å². The number of benzene rings is 1. The summed E-state index contributed by atoms with van der Waals surface area (Å²) in [6.07, 6.45) is 3.63. The zero-order valence-corrected chi connectivity index (χ0v) is 13.4. The van der Waals surface area contributed by atoms with Crippen LogP contribution in [0.3, 0.4) is 0 Å². The zero-order chi connectivity index (χ0) is 16.5. The van der Waals surface area contributed by atoms with Crippen molar-refractivity contribution in [2.45, 2.75) is 25.3 Å². The predicted octanol–water partition coefficient (Wildman–Crippen LogP) is 2.79. The molecule has 3 heterocycles. The van der Waals surface area contributed by atoms with E-state index in [2.05, 4.69) is 10.1 Å². The van der Waals surface area contributed by atoms with Gasteiger partial charge in [-0.25, -0.2) is 4.39 Å². The van der Waals surface area contributed by atoms with Crippen LogP contribution in [0.2, 0.25) is 0 Å². The number of halogens is 1. The highest BCUT2D eigenvalue weighted by molar-refractivity contribution is 5.92. The van der Waals surface area contributed by atoms with Crippen molar-refractivity contribution in [1.82, 2.24) is 15.0 Å². The quantitative estimate of drug-likeness (QED) is 0.850. The van der Waals surface area contributed by atoms with Crippen LogP contribution in [0, 0.1) is 5.82 Å². The number of aromatic nitrogens is 1. The van der Waals surface area contributed by atoms with Gasteiger partial charge in [0.1, 0.15) is 11.5 Å². The normalized spacial score (nSPS) is 21.5. The van der Waals surface area contributed by atoms with Crippen molar-refractivity contribution in [1.29, 1.82) is 0 Å². The van der Waals surface area contributed by atoms with Crippen molar-refractivity contribution < 1.29 is 13.7 Å². The molecule has 1 amide bonds. The monoisotopic (exact) mass is 329 g/mol. The van der Waals surface area contributed by atoms with Gasteiger partial charge < -0.3 is 9.42 Å². The van der Waals surface area contributed by atoms with E-state index in [1.807, 2.05) is 4.90 Å². The molecule has 0 spiro atoms. The van der Waals surface area contributed by atoms with E-state index >= 15 is 0 Å². The molecule has 126 valence electrons. The molecule has 1 aromatic carbocycles. The number of piperazine rings is 1. The summed E-state index contributed by atoms with van der Waals surface area (Å²) in [6.45, 7) is 3.51. The molecular formula is C18H20FN3O2. The second-order valence-electron chi connectivity index (χ2n) is 6.52. The van der Waals surface area contributed by atoms with E-state index in [1.54, 1.807) is 18.2 Å². The molecule has 1 aromatic heterocycles. The van der Waals surface area contributed by atoms with Gasteiger partial charge in [-0.15, -0.1) is 0 Å². The average molecular weight is 329 g/mol. The maximum absolute atomic E-state index is 13.3. The average Bonchev–Trinajstić information content (AvgIpc) is 3.11. The number of fused-ring (bicyclic) bond motifs is 1. The lowest BCUT2D eigenvalue weighted by Gasteiger charge is -2.43. The van der Waals surface area contributed by atoms with Gasteiger partial charge in [-0.3, -0.25) is 9.69 Å². The predicted molar refractivity (Wildman–Crippen MR) is 87.0 cm³/mol. The Hall–Kier alpha value is -2.21. The Morgan fingerprint density at radius 3 is 3.00 bits per heavy atom. The van der Waals surface area contributed by atoms with Gasteiger partial charge in [0, 0.05) is 37.3 Å². The zero-order valence-electron chi connectivity index (χ0n) is 13.4. The van der Waals surface area contributed by atoms with Gasteiger partial charge in [-0.2, -0.15) is 0 Å². The van der Waals surface area contributed by atoms with Gasteiger partial charge in [-0.05, 0) is 31.5 Å². The molecule has 1 unspecified atom stereocenters. The summed E-state index contributed by atoms with van der Waals surface area (Å²) in [7, 11) is 0. The van der Waals surface area contributed by atoms with Crippen molar-refractivity contribution in [3.05, 3.63) is 41.9 Å². The van der Waals surface area contributed by atoms with Crippen LogP contribution >= 0.6 is 0 Å². The molecule has 2 saturated heterocycles. The van der Waals surface area contributed by atoms with Gasteiger partial charge in [0.05, 0.1) is 0 Å². The van der Waals surface area contributed by atoms with Gasteiger partial charge in [0.2, 0.25) is 5.76 Å². The first-order chi connectivity index (χ1) is 11.7. The Morgan fingerprint density at radius 2 is 2.12 bits per heavy atom. The Morgan fingerprint density at radius 1 is 1.21 bits per heavy atom. The first-order valence-electron chi connectivity index (χ1n) is 8.47. The number of carbonyl (C=O) groups excluding carboxylic acids is 1. The molecule has 2 aliphatic heterocycles. The van der Waals surface area contributed by atoms with Crippen molar-refractivity contribution >= 4 is 5.91 Å². The summed E-state index contributed by atoms with van der Waals surface area (Å²) in [5.41, 5.74) is 1.09. The van der Waals surface area contributed by atoms with Crippen LogP contribution in [0.5, 0.6) is 0 Å². The third kappa shape index (κ3) is 2.94. The van der Waals surface area contributed by atoms with Crippen LogP contribution in [0.1, 0.15) is 29.8 Å². The molecule has 24 heavy (non-hydrogen) atoms. The Balaban J connectivity index is 1.49. The molecule has 0 saturated carbocycles. The molecule has 0 N–H and O–H groups in total. The van der Waals surface area contributed by atoms with Crippen LogP contribution in [0.25, 0.3) is 11.3 Å². The van der Waals surface area contributed by atoms with Crippen molar-refractivity contribution in [2.24, 2.45) is 0 Å². The van der Waals surface area contributed by atoms with Crippen LogP contribution in [0.15, 0.2) is 34.9 Å². The topological polar surface area (TPSA) is 49.6 Å². The highest BCUT2D eigenvalue weighted by atomic mass is 19.1. The Labute approximate surface area is 140 Å². The number of piperidine rings is 1. The van der Waals surface area contributed by atoms with E-state index < -0.39 is 0 Å². The molecule has 2 aromatic rings. The molecule has 2 fully saturated rings. The highest BCUT2D eigenvalue weighted by Crippen LogP contribution is 2.24. The number of hydrogen-bond acceptors (Lipinski definition) is 4. The van der Waals surface area contributed by atoms with Crippen molar-refractivity contribution in [3.8, 4) is 11.3 Å². The molecule has 2 aliphatic rings. The van der Waals surface area contributed by atoms with E-state index in [0.29, 0.717) is 23.8 Å². The summed E-state index contributed by atoms with van der Waals surface area (Å²) < 4.78 is 18.6. The number of nitrogens with zero attached hydrogens (tertiary/aromatic N) is 3. The van der Waals surface area contributed by atoms with Crippen molar-refractivity contribution in [2.75, 3.05) is 26.2 Å². The fourth-order valence-electron chi connectivity index (χ4n) is 3.66. The van der Waals surface area contributed by atoms with E-state index in [-0.39, 0.29) is 17.5 Å². The lowest BCUT2D eigenvalue weighted by molar-refractivity contribution is 0.0344. The first-order valence-corrected chi connectivity index (χ1v) is 8.47. The summed E-state index contributed by atoms with van der Waals surface area (Å²) in [6, 6.07) is 8.18. The summed E-state index contributed by atoms with van der Waals surface area (Å²) >= 11 is 0. The fourth-order valence-corrected chi connectivity index (χ4v) is 3.66. The van der Waals surface area contributed by atoms with Gasteiger partial charge in [0.15, 0.2) is 0 Å². The minimum atomic E-state index is -0.336. The highest BCUT2D eigenvalue weighted by Gasteiger charge is 2.32. The van der Waals surface area contributed by atoms with E-state index in [9.17, 15) is 9.18 Å². The molecule has 0 radical (unpaired) electrons. The van der Waals surface area contributed by atoms with Gasteiger partial charge in [-0.1, -0.05) is 23.7 Å². The first kappa shape index (κ1) is 15.3. The number of amides is 1. The molecular weight excluding hydrogens is 309 g/mol. The van der Waals surface area contributed by atoms with E-state index in [1.165, 1.54) is 25.0 Å². The minimum absolute atomic E-state index is 0.129. The second kappa shape index (κ2) is 6.36. The Kier molecular flexibility index (Phi) is 4.06. The maximum atomic E-state index is 13.3. The van der Waals surface area contributed by atoms with Crippen molar-refractivity contribution in [3.63, 3.8) is 0 Å². The number of carbonyl (C=O) groups is 1. The fraction of sp³-hybridized carbons (Fsp3) is 0.444. The smallest absolute Gasteiger partial charge is 0.292 e. The molecule has 1 atom stereocenters. The second-order valence-corrected chi connectivity index (χ2v) is 6.52. The standard InChI is InChI=1S/C18H20FN3O2/c19-14-5-3-4-13(10-14)16-11-17(24-20-16)18(23)22-9-8-21-7-2-1-6-15(21)12-22/h3-5,10-11,15H,1-2,6-9,12H2. The van der Waals surface area contributed by atoms with Gasteiger partial charge >= 0.3 is 0 Å².